The molecule has 0 amide bonds. The normalized spacial score (nSPS) is 10.0. The molecule has 4 nitrogen and oxygen atoms in total. The van der Waals surface area contributed by atoms with E-state index < -0.39 is 0 Å². The Bertz CT molecular complexity index is 380. The lowest BCUT2D eigenvalue weighted by Crippen LogP contribution is -1.99. The van der Waals surface area contributed by atoms with Crippen molar-refractivity contribution in [3.63, 3.8) is 0 Å². The van der Waals surface area contributed by atoms with Gasteiger partial charge in [-0.3, -0.25) is 0 Å². The minimum atomic E-state index is 0.522. The summed E-state index contributed by atoms with van der Waals surface area (Å²) in [6, 6.07) is 7.41. The molecule has 3 N–H and O–H groups in total. The van der Waals surface area contributed by atoms with Crippen molar-refractivity contribution in [3.8, 4) is 0 Å². The smallest absolute Gasteiger partial charge is 0.123 e. The fourth-order valence-corrected chi connectivity index (χ4v) is 1.11. The molecule has 0 saturated carbocycles. The molecule has 0 saturated heterocycles. The third-order valence-corrected chi connectivity index (χ3v) is 1.83. The second-order valence-electron chi connectivity index (χ2n) is 2.90. The first-order valence-electron chi connectivity index (χ1n) is 4.32. The number of nitrogen functional groups attached to an aromatic ring is 1. The van der Waals surface area contributed by atoms with Gasteiger partial charge in [0.1, 0.15) is 11.6 Å². The molecule has 0 aromatic carbocycles. The number of rotatable bonds is 3. The number of nitrogens with one attached hydrogen (secondary N) is 1. The van der Waals surface area contributed by atoms with E-state index >= 15 is 0 Å². The number of nitrogens with zero attached hydrogens (tertiary/aromatic N) is 1. The van der Waals surface area contributed by atoms with E-state index in [9.17, 15) is 0 Å². The number of pyridine rings is 1. The highest BCUT2D eigenvalue weighted by Gasteiger charge is 1.95. The third-order valence-electron chi connectivity index (χ3n) is 1.83. The Kier molecular flexibility index (Phi) is 2.36. The van der Waals surface area contributed by atoms with Crippen LogP contribution in [0.1, 0.15) is 5.76 Å². The van der Waals surface area contributed by atoms with Crippen molar-refractivity contribution in [2.75, 3.05) is 11.1 Å². The Labute approximate surface area is 81.8 Å². The summed E-state index contributed by atoms with van der Waals surface area (Å²) in [4.78, 5) is 3.96. The van der Waals surface area contributed by atoms with Crippen LogP contribution in [0.3, 0.4) is 0 Å². The van der Waals surface area contributed by atoms with Gasteiger partial charge < -0.3 is 15.5 Å². The largest absolute Gasteiger partial charge is 0.467 e. The highest BCUT2D eigenvalue weighted by atomic mass is 16.3. The molecule has 2 aromatic heterocycles. The molecule has 0 aliphatic carbocycles. The van der Waals surface area contributed by atoms with Crippen LogP contribution in [0, 0.1) is 0 Å². The lowest BCUT2D eigenvalue weighted by Gasteiger charge is -2.03. The molecule has 2 rings (SSSR count). The lowest BCUT2D eigenvalue weighted by atomic mass is 10.4. The summed E-state index contributed by atoms with van der Waals surface area (Å²) in [5, 5.41) is 3.16. The van der Waals surface area contributed by atoms with Crippen LogP contribution in [-0.4, -0.2) is 4.98 Å². The van der Waals surface area contributed by atoms with Gasteiger partial charge in [-0.25, -0.2) is 4.98 Å². The van der Waals surface area contributed by atoms with Gasteiger partial charge in [0.15, 0.2) is 0 Å². The van der Waals surface area contributed by atoms with Gasteiger partial charge in [-0.1, -0.05) is 0 Å². The molecule has 0 fully saturated rings. The molecule has 0 spiro atoms. The second kappa shape index (κ2) is 3.83. The van der Waals surface area contributed by atoms with Crippen molar-refractivity contribution < 1.29 is 4.42 Å². The van der Waals surface area contributed by atoms with Crippen LogP contribution in [-0.2, 0) is 6.54 Å². The number of anilines is 2. The molecule has 14 heavy (non-hydrogen) atoms. The van der Waals surface area contributed by atoms with E-state index in [4.69, 9.17) is 10.2 Å². The summed E-state index contributed by atoms with van der Waals surface area (Å²) in [5.74, 6) is 1.41. The van der Waals surface area contributed by atoms with Crippen molar-refractivity contribution in [1.82, 2.24) is 4.98 Å². The van der Waals surface area contributed by atoms with Gasteiger partial charge in [-0.15, -0.1) is 0 Å². The average Bonchev–Trinajstić information content (AvgIpc) is 2.70. The second-order valence-corrected chi connectivity index (χ2v) is 2.90. The van der Waals surface area contributed by atoms with Crippen molar-refractivity contribution in [2.24, 2.45) is 0 Å². The molecule has 0 radical (unpaired) electrons. The summed E-state index contributed by atoms with van der Waals surface area (Å²) in [7, 11) is 0. The van der Waals surface area contributed by atoms with Crippen molar-refractivity contribution in [3.05, 3.63) is 42.5 Å². The van der Waals surface area contributed by atoms with E-state index in [2.05, 4.69) is 10.3 Å². The average molecular weight is 189 g/mol. The number of nitrogens with two attached hydrogens (primary N) is 1. The zero-order valence-corrected chi connectivity index (χ0v) is 7.60. The number of hydrogen-bond donors (Lipinski definition) is 2. The maximum absolute atomic E-state index is 5.46. The molecule has 2 heterocycles. The van der Waals surface area contributed by atoms with Crippen molar-refractivity contribution >= 4 is 11.5 Å². The molecule has 0 aliphatic heterocycles. The number of furan rings is 1. The number of aromatic nitrogens is 1. The SMILES string of the molecule is Nc1ccc(NCc2ccco2)cn1. The summed E-state index contributed by atoms with van der Waals surface area (Å²) >= 11 is 0. The van der Waals surface area contributed by atoms with Crippen LogP contribution in [0.25, 0.3) is 0 Å². The maximum Gasteiger partial charge on any atom is 0.123 e. The Morgan fingerprint density at radius 1 is 1.36 bits per heavy atom. The highest BCUT2D eigenvalue weighted by molar-refractivity contribution is 5.45. The van der Waals surface area contributed by atoms with E-state index in [1.54, 1.807) is 18.5 Å². The van der Waals surface area contributed by atoms with Crippen molar-refractivity contribution in [1.29, 1.82) is 0 Å². The first kappa shape index (κ1) is 8.62. The van der Waals surface area contributed by atoms with Gasteiger partial charge in [0.25, 0.3) is 0 Å². The summed E-state index contributed by atoms with van der Waals surface area (Å²) in [5.41, 5.74) is 6.39. The predicted molar refractivity (Wildman–Crippen MR) is 54.7 cm³/mol. The molecular weight excluding hydrogens is 178 g/mol. The molecule has 0 atom stereocenters. The van der Waals surface area contributed by atoms with E-state index in [-0.39, 0.29) is 0 Å². The minimum absolute atomic E-state index is 0.522. The Balaban J connectivity index is 1.95. The van der Waals surface area contributed by atoms with Crippen LogP contribution in [0.15, 0.2) is 41.1 Å². The Hall–Kier alpha value is -1.97. The Morgan fingerprint density at radius 2 is 2.29 bits per heavy atom. The minimum Gasteiger partial charge on any atom is -0.467 e. The van der Waals surface area contributed by atoms with Gasteiger partial charge in [-0.2, -0.15) is 0 Å². The quantitative estimate of drug-likeness (QED) is 0.773. The molecular formula is C10H11N3O. The van der Waals surface area contributed by atoms with E-state index in [1.165, 1.54) is 0 Å². The van der Waals surface area contributed by atoms with Gasteiger partial charge in [0, 0.05) is 0 Å². The van der Waals surface area contributed by atoms with Gasteiger partial charge in [0.05, 0.1) is 24.7 Å². The first-order valence-corrected chi connectivity index (χ1v) is 4.32. The lowest BCUT2D eigenvalue weighted by molar-refractivity contribution is 0.518. The topological polar surface area (TPSA) is 64.1 Å². The van der Waals surface area contributed by atoms with Gasteiger partial charge in [0.2, 0.25) is 0 Å². The predicted octanol–water partition coefficient (Wildman–Crippen LogP) is 1.87. The zero-order valence-electron chi connectivity index (χ0n) is 7.60. The third kappa shape index (κ3) is 2.04. The zero-order chi connectivity index (χ0) is 9.80. The monoisotopic (exact) mass is 189 g/mol. The van der Waals surface area contributed by atoms with E-state index in [1.807, 2.05) is 18.2 Å². The fourth-order valence-electron chi connectivity index (χ4n) is 1.11. The van der Waals surface area contributed by atoms with Gasteiger partial charge in [-0.05, 0) is 24.3 Å². The van der Waals surface area contributed by atoms with Crippen LogP contribution in [0.2, 0.25) is 0 Å². The van der Waals surface area contributed by atoms with Crippen LogP contribution in [0.4, 0.5) is 11.5 Å². The van der Waals surface area contributed by atoms with Gasteiger partial charge >= 0.3 is 0 Å². The summed E-state index contributed by atoms with van der Waals surface area (Å²) in [6.45, 7) is 0.651. The van der Waals surface area contributed by atoms with E-state index in [0.29, 0.717) is 12.4 Å². The highest BCUT2D eigenvalue weighted by Crippen LogP contribution is 2.09. The van der Waals surface area contributed by atoms with Crippen LogP contribution < -0.4 is 11.1 Å². The first-order chi connectivity index (χ1) is 6.84. The fraction of sp³-hybridized carbons (Fsp3) is 0.100. The molecule has 2 aromatic rings. The maximum atomic E-state index is 5.46. The van der Waals surface area contributed by atoms with E-state index in [0.717, 1.165) is 11.4 Å². The molecule has 0 unspecified atom stereocenters. The van der Waals surface area contributed by atoms with Crippen LogP contribution in [0.5, 0.6) is 0 Å². The standard InChI is InChI=1S/C10H11N3O/c11-10-4-3-8(6-13-10)12-7-9-2-1-5-14-9/h1-6,12H,7H2,(H2,11,13). The molecule has 4 heteroatoms. The summed E-state index contributed by atoms with van der Waals surface area (Å²) in [6.07, 6.45) is 3.34. The molecule has 72 valence electrons. The summed E-state index contributed by atoms with van der Waals surface area (Å²) < 4.78 is 5.17. The molecule has 0 aliphatic rings. The Morgan fingerprint density at radius 3 is 2.93 bits per heavy atom. The van der Waals surface area contributed by atoms with Crippen molar-refractivity contribution in [2.45, 2.75) is 6.54 Å². The number of hydrogen-bond acceptors (Lipinski definition) is 4. The molecule has 0 bridgehead atoms. The van der Waals surface area contributed by atoms with Crippen LogP contribution >= 0.6 is 0 Å².